The Kier molecular flexibility index (Phi) is 4.56. The maximum Gasteiger partial charge on any atom is 0.404 e. The highest BCUT2D eigenvalue weighted by atomic mass is 79.9. The SMILES string of the molecule is CSc1ccc(C(=O)Cn2cc(Br)c([N+](=O)[O-])n2)cc1. The lowest BCUT2D eigenvalue weighted by atomic mass is 10.1. The minimum atomic E-state index is -0.599. The summed E-state index contributed by atoms with van der Waals surface area (Å²) in [5.74, 6) is -0.446. The number of ketones is 1. The number of hydrogen-bond donors (Lipinski definition) is 0. The molecule has 2 aromatic rings. The van der Waals surface area contributed by atoms with E-state index in [0.29, 0.717) is 5.56 Å². The summed E-state index contributed by atoms with van der Waals surface area (Å²) in [5.41, 5.74) is 0.553. The third-order valence-corrected chi connectivity index (χ3v) is 3.89. The molecule has 0 amide bonds. The number of nitrogens with zero attached hydrogens (tertiary/aromatic N) is 3. The highest BCUT2D eigenvalue weighted by Gasteiger charge is 2.20. The van der Waals surface area contributed by atoms with Crippen molar-refractivity contribution in [3.8, 4) is 0 Å². The van der Waals surface area contributed by atoms with Crippen molar-refractivity contribution in [1.29, 1.82) is 0 Å². The maximum atomic E-state index is 12.1. The summed E-state index contributed by atoms with van der Waals surface area (Å²) in [5, 5.41) is 14.4. The fraction of sp³-hybridized carbons (Fsp3) is 0.167. The van der Waals surface area contributed by atoms with E-state index < -0.39 is 4.92 Å². The molecule has 0 saturated heterocycles. The van der Waals surface area contributed by atoms with E-state index in [1.165, 1.54) is 10.9 Å². The Labute approximate surface area is 127 Å². The van der Waals surface area contributed by atoms with Crippen LogP contribution in [-0.4, -0.2) is 26.7 Å². The van der Waals surface area contributed by atoms with E-state index in [4.69, 9.17) is 0 Å². The molecule has 6 nitrogen and oxygen atoms in total. The molecule has 0 saturated carbocycles. The summed E-state index contributed by atoms with van der Waals surface area (Å²) in [6.45, 7) is -0.0367. The molecule has 0 radical (unpaired) electrons. The van der Waals surface area contributed by atoms with Crippen LogP contribution in [0.15, 0.2) is 39.8 Å². The van der Waals surface area contributed by atoms with Crippen molar-refractivity contribution in [2.24, 2.45) is 0 Å². The van der Waals surface area contributed by atoms with Gasteiger partial charge in [-0.05, 0) is 39.2 Å². The Hall–Kier alpha value is -1.67. The van der Waals surface area contributed by atoms with Crippen molar-refractivity contribution < 1.29 is 9.72 Å². The molecule has 1 aromatic heterocycles. The monoisotopic (exact) mass is 355 g/mol. The van der Waals surface area contributed by atoms with Crippen LogP contribution in [-0.2, 0) is 6.54 Å². The molecule has 2 rings (SSSR count). The van der Waals surface area contributed by atoms with E-state index in [0.717, 1.165) is 4.90 Å². The molecule has 0 aliphatic heterocycles. The fourth-order valence-corrected chi connectivity index (χ4v) is 2.48. The Morgan fingerprint density at radius 1 is 1.45 bits per heavy atom. The molecule has 1 aromatic carbocycles. The quantitative estimate of drug-likeness (QED) is 0.356. The van der Waals surface area contributed by atoms with Crippen molar-refractivity contribution in [3.63, 3.8) is 0 Å². The minimum absolute atomic E-state index is 0.0367. The molecule has 8 heteroatoms. The molecule has 0 N–H and O–H groups in total. The molecule has 0 aliphatic rings. The number of aromatic nitrogens is 2. The average molecular weight is 356 g/mol. The fourth-order valence-electron chi connectivity index (χ4n) is 1.61. The molecule has 0 bridgehead atoms. The van der Waals surface area contributed by atoms with Gasteiger partial charge in [-0.15, -0.1) is 11.8 Å². The summed E-state index contributed by atoms with van der Waals surface area (Å²) in [4.78, 5) is 23.2. The van der Waals surface area contributed by atoms with Crippen LogP contribution >= 0.6 is 27.7 Å². The van der Waals surface area contributed by atoms with Crippen LogP contribution in [0.1, 0.15) is 10.4 Å². The number of nitro groups is 1. The van der Waals surface area contributed by atoms with E-state index in [-0.39, 0.29) is 22.6 Å². The van der Waals surface area contributed by atoms with Crippen LogP contribution < -0.4 is 0 Å². The van der Waals surface area contributed by atoms with Gasteiger partial charge in [0.2, 0.25) is 0 Å². The van der Waals surface area contributed by atoms with Crippen molar-refractivity contribution in [3.05, 3.63) is 50.6 Å². The van der Waals surface area contributed by atoms with Crippen molar-refractivity contribution in [2.45, 2.75) is 11.4 Å². The second-order valence-corrected chi connectivity index (χ2v) is 5.64. The van der Waals surface area contributed by atoms with Crippen LogP contribution in [0.2, 0.25) is 0 Å². The van der Waals surface area contributed by atoms with Gasteiger partial charge in [0.15, 0.2) is 5.78 Å². The van der Waals surface area contributed by atoms with Crippen LogP contribution in [0.25, 0.3) is 0 Å². The van der Waals surface area contributed by atoms with Gasteiger partial charge >= 0.3 is 5.82 Å². The van der Waals surface area contributed by atoms with Crippen LogP contribution in [0.3, 0.4) is 0 Å². The first-order valence-corrected chi connectivity index (χ1v) is 7.57. The third-order valence-electron chi connectivity index (χ3n) is 2.59. The predicted octanol–water partition coefficient (Wildman–Crippen LogP) is 3.16. The first-order valence-electron chi connectivity index (χ1n) is 5.56. The van der Waals surface area contributed by atoms with E-state index >= 15 is 0 Å². The van der Waals surface area contributed by atoms with Gasteiger partial charge in [-0.2, -0.15) is 4.68 Å². The Morgan fingerprint density at radius 3 is 2.60 bits per heavy atom. The average Bonchev–Trinajstić information content (AvgIpc) is 2.79. The summed E-state index contributed by atoms with van der Waals surface area (Å²) < 4.78 is 1.51. The van der Waals surface area contributed by atoms with Gasteiger partial charge in [0.1, 0.15) is 11.0 Å². The number of hydrogen-bond acceptors (Lipinski definition) is 5. The van der Waals surface area contributed by atoms with Gasteiger partial charge < -0.3 is 10.1 Å². The normalized spacial score (nSPS) is 10.5. The van der Waals surface area contributed by atoms with Gasteiger partial charge in [0, 0.05) is 10.5 Å². The van der Waals surface area contributed by atoms with Crippen LogP contribution in [0.5, 0.6) is 0 Å². The lowest BCUT2D eigenvalue weighted by Gasteiger charge is -2.00. The van der Waals surface area contributed by atoms with Gasteiger partial charge in [-0.3, -0.25) is 4.79 Å². The van der Waals surface area contributed by atoms with Crippen molar-refractivity contribution in [2.75, 3.05) is 6.26 Å². The summed E-state index contributed by atoms with van der Waals surface area (Å²) in [6.07, 6.45) is 3.38. The second-order valence-electron chi connectivity index (χ2n) is 3.91. The number of carbonyl (C=O) groups excluding carboxylic acids is 1. The molecule has 0 unspecified atom stereocenters. The second kappa shape index (κ2) is 6.19. The van der Waals surface area contributed by atoms with Crippen LogP contribution in [0.4, 0.5) is 5.82 Å². The van der Waals surface area contributed by atoms with Gasteiger partial charge in [-0.1, -0.05) is 12.1 Å². The maximum absolute atomic E-state index is 12.1. The lowest BCUT2D eigenvalue weighted by Crippen LogP contribution is -2.11. The molecule has 0 atom stereocenters. The molecule has 0 aliphatic carbocycles. The molecule has 0 spiro atoms. The molecule has 1 heterocycles. The lowest BCUT2D eigenvalue weighted by molar-refractivity contribution is -0.390. The molecular formula is C12H10BrN3O3S. The summed E-state index contributed by atoms with van der Waals surface area (Å²) in [6, 6.07) is 7.20. The van der Waals surface area contributed by atoms with Crippen LogP contribution in [0, 0.1) is 10.1 Å². The Morgan fingerprint density at radius 2 is 2.10 bits per heavy atom. The largest absolute Gasteiger partial charge is 0.404 e. The third kappa shape index (κ3) is 3.26. The summed E-state index contributed by atoms with van der Waals surface area (Å²) >= 11 is 4.64. The predicted molar refractivity (Wildman–Crippen MR) is 79.1 cm³/mol. The topological polar surface area (TPSA) is 78.0 Å². The van der Waals surface area contributed by atoms with E-state index in [2.05, 4.69) is 21.0 Å². The summed E-state index contributed by atoms with van der Waals surface area (Å²) in [7, 11) is 0. The smallest absolute Gasteiger partial charge is 0.358 e. The number of rotatable bonds is 5. The zero-order valence-electron chi connectivity index (χ0n) is 10.4. The number of thioether (sulfide) groups is 1. The van der Waals surface area contributed by atoms with E-state index in [9.17, 15) is 14.9 Å². The zero-order chi connectivity index (χ0) is 14.7. The number of carbonyl (C=O) groups is 1. The first-order chi connectivity index (χ1) is 9.51. The number of Topliss-reactive ketones (excluding diaryl/α,β-unsaturated/α-hetero) is 1. The standard InChI is InChI=1S/C12H10BrN3O3S/c1-20-9-4-2-8(3-5-9)11(17)7-15-6-10(13)12(14-15)16(18)19/h2-6H,7H2,1H3. The molecule has 104 valence electrons. The first kappa shape index (κ1) is 14.7. The Balaban J connectivity index is 2.14. The zero-order valence-corrected chi connectivity index (χ0v) is 12.8. The molecular weight excluding hydrogens is 346 g/mol. The number of benzene rings is 1. The Bertz CT molecular complexity index is 654. The number of halogens is 1. The van der Waals surface area contributed by atoms with E-state index in [1.54, 1.807) is 23.9 Å². The highest BCUT2D eigenvalue weighted by molar-refractivity contribution is 9.10. The molecule has 0 fully saturated rings. The minimum Gasteiger partial charge on any atom is -0.358 e. The van der Waals surface area contributed by atoms with Crippen molar-refractivity contribution >= 4 is 39.3 Å². The highest BCUT2D eigenvalue weighted by Crippen LogP contribution is 2.22. The van der Waals surface area contributed by atoms with E-state index in [1.807, 2.05) is 18.4 Å². The van der Waals surface area contributed by atoms with Gasteiger partial charge in [0.25, 0.3) is 0 Å². The van der Waals surface area contributed by atoms with Crippen molar-refractivity contribution in [1.82, 2.24) is 9.78 Å². The molecule has 20 heavy (non-hydrogen) atoms. The van der Waals surface area contributed by atoms with Gasteiger partial charge in [0.05, 0.1) is 11.3 Å². The van der Waals surface area contributed by atoms with Gasteiger partial charge in [-0.25, -0.2) is 0 Å².